The first-order valence-electron chi connectivity index (χ1n) is 4.66. The third-order valence-electron chi connectivity index (χ3n) is 1.91. The molecular weight excluding hydrogens is 178 g/mol. The Hall–Kier alpha value is -1.35. The summed E-state index contributed by atoms with van der Waals surface area (Å²) in [6.07, 6.45) is 0. The number of carbonyl (C=O) groups is 1. The topological polar surface area (TPSA) is 38.3 Å². The van der Waals surface area contributed by atoms with Gasteiger partial charge >= 0.3 is 0 Å². The molecule has 1 aromatic carbocycles. The van der Waals surface area contributed by atoms with Gasteiger partial charge < -0.3 is 10.1 Å². The molecule has 3 nitrogen and oxygen atoms in total. The second kappa shape index (κ2) is 5.40. The first-order chi connectivity index (χ1) is 6.77. The molecule has 14 heavy (non-hydrogen) atoms. The molecule has 0 fully saturated rings. The third kappa shape index (κ3) is 2.85. The van der Waals surface area contributed by atoms with E-state index in [1.165, 1.54) is 0 Å². The lowest BCUT2D eigenvalue weighted by molar-refractivity contribution is 0.0783. The summed E-state index contributed by atoms with van der Waals surface area (Å²) in [5, 5.41) is 2.99. The number of nitrogens with one attached hydrogen (secondary N) is 1. The van der Waals surface area contributed by atoms with Gasteiger partial charge in [0.1, 0.15) is 6.61 Å². The Bertz CT molecular complexity index is 310. The molecule has 1 rings (SSSR count). The zero-order valence-corrected chi connectivity index (χ0v) is 8.54. The summed E-state index contributed by atoms with van der Waals surface area (Å²) in [6, 6.07) is 7.38. The average Bonchev–Trinajstić information content (AvgIpc) is 2.26. The quantitative estimate of drug-likeness (QED) is 0.726. The van der Waals surface area contributed by atoms with Gasteiger partial charge in [-0.25, -0.2) is 0 Å². The fourth-order valence-corrected chi connectivity index (χ4v) is 1.13. The van der Waals surface area contributed by atoms with Gasteiger partial charge in [0.25, 0.3) is 0 Å². The second-order valence-electron chi connectivity index (χ2n) is 2.89. The van der Waals surface area contributed by atoms with Crippen LogP contribution in [-0.2, 0) is 4.74 Å². The van der Waals surface area contributed by atoms with Gasteiger partial charge in [0.15, 0.2) is 5.78 Å². The van der Waals surface area contributed by atoms with Crippen molar-refractivity contribution >= 4 is 11.5 Å². The van der Waals surface area contributed by atoms with E-state index < -0.39 is 0 Å². The maximum Gasteiger partial charge on any atom is 0.188 e. The highest BCUT2D eigenvalue weighted by Crippen LogP contribution is 2.10. The van der Waals surface area contributed by atoms with Crippen molar-refractivity contribution in [1.29, 1.82) is 0 Å². The Labute approximate surface area is 84.1 Å². The molecule has 76 valence electrons. The molecular formula is C11H15NO2. The number of Topliss-reactive ketones (excluding diaryl/α,β-unsaturated/α-hetero) is 1. The van der Waals surface area contributed by atoms with Gasteiger partial charge in [0.2, 0.25) is 0 Å². The Kier molecular flexibility index (Phi) is 4.13. The number of anilines is 1. The van der Waals surface area contributed by atoms with Crippen molar-refractivity contribution in [1.82, 2.24) is 0 Å². The molecule has 0 heterocycles. The van der Waals surface area contributed by atoms with Gasteiger partial charge in [0, 0.05) is 24.9 Å². The highest BCUT2D eigenvalue weighted by atomic mass is 16.5. The lowest BCUT2D eigenvalue weighted by Crippen LogP contribution is -2.09. The average molecular weight is 193 g/mol. The van der Waals surface area contributed by atoms with Gasteiger partial charge in [-0.1, -0.05) is 12.1 Å². The summed E-state index contributed by atoms with van der Waals surface area (Å²) >= 11 is 0. The molecule has 0 spiro atoms. The molecule has 3 heteroatoms. The van der Waals surface area contributed by atoms with Crippen LogP contribution in [0.4, 0.5) is 5.69 Å². The molecule has 0 aliphatic rings. The number of rotatable bonds is 5. The fourth-order valence-electron chi connectivity index (χ4n) is 1.13. The van der Waals surface area contributed by atoms with Crippen LogP contribution < -0.4 is 5.32 Å². The summed E-state index contributed by atoms with van der Waals surface area (Å²) in [5.41, 5.74) is 1.62. The van der Waals surface area contributed by atoms with Crippen molar-refractivity contribution in [2.45, 2.75) is 6.92 Å². The molecule has 0 atom stereocenters. The fraction of sp³-hybridized carbons (Fsp3) is 0.364. The van der Waals surface area contributed by atoms with Crippen LogP contribution in [0, 0.1) is 0 Å². The number of hydrogen-bond acceptors (Lipinski definition) is 3. The normalized spacial score (nSPS) is 9.86. The van der Waals surface area contributed by atoms with Crippen LogP contribution in [0.3, 0.4) is 0 Å². The molecule has 1 aromatic rings. The van der Waals surface area contributed by atoms with E-state index in [1.807, 2.05) is 32.2 Å². The van der Waals surface area contributed by atoms with Crippen molar-refractivity contribution in [3.05, 3.63) is 29.8 Å². The largest absolute Gasteiger partial charge is 0.388 e. The van der Waals surface area contributed by atoms with Gasteiger partial charge in [-0.3, -0.25) is 4.79 Å². The van der Waals surface area contributed by atoms with E-state index in [0.717, 1.165) is 5.69 Å². The van der Waals surface area contributed by atoms with Gasteiger partial charge in [-0.05, 0) is 19.1 Å². The van der Waals surface area contributed by atoms with Crippen molar-refractivity contribution in [2.24, 2.45) is 0 Å². The Balaban J connectivity index is 2.69. The second-order valence-corrected chi connectivity index (χ2v) is 2.89. The summed E-state index contributed by atoms with van der Waals surface area (Å²) in [5.74, 6) is 0.0175. The Morgan fingerprint density at radius 3 is 2.93 bits per heavy atom. The molecule has 0 radical (unpaired) electrons. The van der Waals surface area contributed by atoms with Crippen molar-refractivity contribution < 1.29 is 9.53 Å². The minimum Gasteiger partial charge on any atom is -0.388 e. The monoisotopic (exact) mass is 193 g/mol. The van der Waals surface area contributed by atoms with E-state index in [0.29, 0.717) is 12.2 Å². The molecule has 1 N–H and O–H groups in total. The number of hydrogen-bond donors (Lipinski definition) is 1. The lowest BCUT2D eigenvalue weighted by Gasteiger charge is -2.03. The predicted molar refractivity (Wildman–Crippen MR) is 56.8 cm³/mol. The highest BCUT2D eigenvalue weighted by molar-refractivity contribution is 5.97. The minimum atomic E-state index is 0.0175. The molecule has 0 amide bonds. The summed E-state index contributed by atoms with van der Waals surface area (Å²) in [6.45, 7) is 2.60. The maximum atomic E-state index is 11.5. The lowest BCUT2D eigenvalue weighted by atomic mass is 10.1. The van der Waals surface area contributed by atoms with Crippen LogP contribution >= 0.6 is 0 Å². The SMILES string of the molecule is CCOCC(=O)c1cccc(NC)c1. The molecule has 0 aromatic heterocycles. The van der Waals surface area contributed by atoms with E-state index >= 15 is 0 Å². The van der Waals surface area contributed by atoms with Crippen molar-refractivity contribution in [3.8, 4) is 0 Å². The van der Waals surface area contributed by atoms with Crippen molar-refractivity contribution in [2.75, 3.05) is 25.6 Å². The third-order valence-corrected chi connectivity index (χ3v) is 1.91. The molecule has 0 saturated heterocycles. The first kappa shape index (κ1) is 10.7. The molecule has 0 unspecified atom stereocenters. The van der Waals surface area contributed by atoms with Crippen LogP contribution in [0.2, 0.25) is 0 Å². The molecule has 0 bridgehead atoms. The van der Waals surface area contributed by atoms with Gasteiger partial charge in [-0.15, -0.1) is 0 Å². The number of benzene rings is 1. The molecule has 0 aliphatic carbocycles. The Morgan fingerprint density at radius 1 is 1.50 bits per heavy atom. The molecule has 0 saturated carbocycles. The predicted octanol–water partition coefficient (Wildman–Crippen LogP) is 1.95. The van der Waals surface area contributed by atoms with Crippen LogP contribution in [0.25, 0.3) is 0 Å². The summed E-state index contributed by atoms with van der Waals surface area (Å²) in [4.78, 5) is 11.5. The van der Waals surface area contributed by atoms with Crippen LogP contribution in [0.5, 0.6) is 0 Å². The number of carbonyl (C=O) groups excluding carboxylic acids is 1. The van der Waals surface area contributed by atoms with Crippen LogP contribution in [0.15, 0.2) is 24.3 Å². The standard InChI is InChI=1S/C11H15NO2/c1-3-14-8-11(13)9-5-4-6-10(7-9)12-2/h4-7,12H,3,8H2,1-2H3. The van der Waals surface area contributed by atoms with E-state index in [9.17, 15) is 4.79 Å². The number of ether oxygens (including phenoxy) is 1. The van der Waals surface area contributed by atoms with E-state index in [4.69, 9.17) is 4.74 Å². The first-order valence-corrected chi connectivity index (χ1v) is 4.66. The Morgan fingerprint density at radius 2 is 2.29 bits per heavy atom. The summed E-state index contributed by atoms with van der Waals surface area (Å²) < 4.78 is 5.05. The van der Waals surface area contributed by atoms with E-state index in [-0.39, 0.29) is 12.4 Å². The maximum absolute atomic E-state index is 11.5. The number of ketones is 1. The van der Waals surface area contributed by atoms with E-state index in [1.54, 1.807) is 6.07 Å². The molecule has 0 aliphatic heterocycles. The zero-order valence-electron chi connectivity index (χ0n) is 8.54. The van der Waals surface area contributed by atoms with Crippen LogP contribution in [0.1, 0.15) is 17.3 Å². The highest BCUT2D eigenvalue weighted by Gasteiger charge is 2.05. The van der Waals surface area contributed by atoms with E-state index in [2.05, 4.69) is 5.32 Å². The van der Waals surface area contributed by atoms with Gasteiger partial charge in [-0.2, -0.15) is 0 Å². The van der Waals surface area contributed by atoms with Gasteiger partial charge in [0.05, 0.1) is 0 Å². The smallest absolute Gasteiger partial charge is 0.188 e. The van der Waals surface area contributed by atoms with Crippen molar-refractivity contribution in [3.63, 3.8) is 0 Å². The summed E-state index contributed by atoms with van der Waals surface area (Å²) in [7, 11) is 1.83. The zero-order chi connectivity index (χ0) is 10.4. The van der Waals surface area contributed by atoms with Crippen LogP contribution in [-0.4, -0.2) is 26.0 Å². The minimum absolute atomic E-state index is 0.0175.